The van der Waals surface area contributed by atoms with Gasteiger partial charge in [0, 0.05) is 26.4 Å². The Hall–Kier alpha value is -2.40. The van der Waals surface area contributed by atoms with E-state index >= 15 is 0 Å². The van der Waals surface area contributed by atoms with Crippen molar-refractivity contribution in [2.24, 2.45) is 0 Å². The minimum absolute atomic E-state index is 0.0329. The number of hydrogen-bond donors (Lipinski definition) is 0. The average molecular weight is 431 g/mol. The highest BCUT2D eigenvalue weighted by atomic mass is 35.5. The summed E-state index contributed by atoms with van der Waals surface area (Å²) in [6.07, 6.45) is 0. The molecule has 0 aliphatic heterocycles. The number of rotatable bonds is 7. The SMILES string of the molecule is Cc1csc([C@H](C#N)C(=O)COC(=O)CSc2cccc3cccc(Cl)c23)n1. The number of hydrogen-bond acceptors (Lipinski definition) is 7. The number of thiazole rings is 1. The first-order chi connectivity index (χ1) is 13.5. The highest BCUT2D eigenvalue weighted by Gasteiger charge is 2.24. The first kappa shape index (κ1) is 20.3. The number of thioether (sulfide) groups is 1. The van der Waals surface area contributed by atoms with Gasteiger partial charge in [0.25, 0.3) is 0 Å². The van der Waals surface area contributed by atoms with E-state index in [-0.39, 0.29) is 5.75 Å². The third kappa shape index (κ3) is 4.71. The normalized spacial score (nSPS) is 11.8. The minimum Gasteiger partial charge on any atom is -0.457 e. The Morgan fingerprint density at radius 1 is 1.32 bits per heavy atom. The Kier molecular flexibility index (Phi) is 6.68. The number of halogens is 1. The van der Waals surface area contributed by atoms with Gasteiger partial charge in [0.05, 0.1) is 11.8 Å². The second-order valence-electron chi connectivity index (χ2n) is 5.90. The minimum atomic E-state index is -1.02. The van der Waals surface area contributed by atoms with Crippen LogP contribution in [0.2, 0.25) is 5.02 Å². The van der Waals surface area contributed by atoms with Gasteiger partial charge in [-0.3, -0.25) is 9.59 Å². The molecule has 0 saturated heterocycles. The van der Waals surface area contributed by atoms with Crippen LogP contribution < -0.4 is 0 Å². The van der Waals surface area contributed by atoms with E-state index in [1.165, 1.54) is 23.1 Å². The van der Waals surface area contributed by atoms with Crippen LogP contribution in [0.4, 0.5) is 0 Å². The number of ketones is 1. The van der Waals surface area contributed by atoms with Gasteiger partial charge < -0.3 is 4.74 Å². The fourth-order valence-electron chi connectivity index (χ4n) is 2.57. The van der Waals surface area contributed by atoms with Crippen molar-refractivity contribution < 1.29 is 14.3 Å². The summed E-state index contributed by atoms with van der Waals surface area (Å²) in [6, 6.07) is 13.3. The summed E-state index contributed by atoms with van der Waals surface area (Å²) >= 11 is 8.82. The number of aromatic nitrogens is 1. The highest BCUT2D eigenvalue weighted by molar-refractivity contribution is 8.00. The Morgan fingerprint density at radius 3 is 2.75 bits per heavy atom. The van der Waals surface area contributed by atoms with E-state index in [1.54, 1.807) is 18.4 Å². The number of nitriles is 1. The van der Waals surface area contributed by atoms with Crippen LogP contribution in [0, 0.1) is 18.3 Å². The summed E-state index contributed by atoms with van der Waals surface area (Å²) in [7, 11) is 0. The van der Waals surface area contributed by atoms with Crippen LogP contribution in [-0.4, -0.2) is 29.1 Å². The molecule has 142 valence electrons. The number of fused-ring (bicyclic) bond motifs is 1. The lowest BCUT2D eigenvalue weighted by molar-refractivity contribution is -0.145. The molecule has 0 spiro atoms. The van der Waals surface area contributed by atoms with Gasteiger partial charge >= 0.3 is 5.97 Å². The second-order valence-corrected chi connectivity index (χ2v) is 8.21. The van der Waals surface area contributed by atoms with Crippen LogP contribution in [0.25, 0.3) is 10.8 Å². The van der Waals surface area contributed by atoms with Crippen LogP contribution in [0.15, 0.2) is 46.7 Å². The van der Waals surface area contributed by atoms with E-state index in [4.69, 9.17) is 16.3 Å². The summed E-state index contributed by atoms with van der Waals surface area (Å²) in [5.41, 5.74) is 0.746. The number of Topliss-reactive ketones (excluding diaryl/α,β-unsaturated/α-hetero) is 1. The van der Waals surface area contributed by atoms with Gasteiger partial charge in [-0.1, -0.05) is 35.9 Å². The van der Waals surface area contributed by atoms with Gasteiger partial charge in [-0.05, 0) is 24.4 Å². The van der Waals surface area contributed by atoms with Gasteiger partial charge in [-0.25, -0.2) is 4.98 Å². The fraction of sp³-hybridized carbons (Fsp3) is 0.200. The van der Waals surface area contributed by atoms with Gasteiger partial charge in [-0.15, -0.1) is 23.1 Å². The molecule has 3 rings (SSSR count). The monoisotopic (exact) mass is 430 g/mol. The molecule has 0 N–H and O–H groups in total. The summed E-state index contributed by atoms with van der Waals surface area (Å²) in [4.78, 5) is 29.3. The zero-order valence-corrected chi connectivity index (χ0v) is 17.2. The molecule has 1 atom stereocenters. The smallest absolute Gasteiger partial charge is 0.316 e. The van der Waals surface area contributed by atoms with Crippen molar-refractivity contribution in [3.05, 3.63) is 57.5 Å². The molecule has 1 aromatic heterocycles. The number of carbonyl (C=O) groups is 2. The number of ether oxygens (including phenoxy) is 1. The molecular formula is C20H15ClN2O3S2. The third-order valence-electron chi connectivity index (χ3n) is 3.87. The Balaban J connectivity index is 1.58. The summed E-state index contributed by atoms with van der Waals surface area (Å²) in [6.45, 7) is 1.34. The zero-order valence-electron chi connectivity index (χ0n) is 14.8. The van der Waals surface area contributed by atoms with Gasteiger partial charge in [-0.2, -0.15) is 5.26 Å². The maximum absolute atomic E-state index is 12.2. The molecule has 8 heteroatoms. The maximum Gasteiger partial charge on any atom is 0.316 e. The molecule has 1 heterocycles. The maximum atomic E-state index is 12.2. The van der Waals surface area contributed by atoms with Gasteiger partial charge in [0.15, 0.2) is 18.3 Å². The van der Waals surface area contributed by atoms with Crippen molar-refractivity contribution in [3.63, 3.8) is 0 Å². The zero-order chi connectivity index (χ0) is 20.1. The van der Waals surface area contributed by atoms with E-state index in [0.717, 1.165) is 21.4 Å². The molecule has 28 heavy (non-hydrogen) atoms. The lowest BCUT2D eigenvalue weighted by Crippen LogP contribution is -2.20. The molecule has 0 aliphatic rings. The van der Waals surface area contributed by atoms with Crippen molar-refractivity contribution in [2.45, 2.75) is 17.7 Å². The predicted octanol–water partition coefficient (Wildman–Crippen LogP) is 4.77. The second kappa shape index (κ2) is 9.20. The standard InChI is InChI=1S/C20H15ClN2O3S2/c1-12-10-28-20(23-12)14(8-22)16(24)9-26-18(25)11-27-17-7-3-5-13-4-2-6-15(21)19(13)17/h2-7,10,14H,9,11H2,1H3/t14-/m1/s1. The molecule has 0 amide bonds. The van der Waals surface area contributed by atoms with E-state index in [2.05, 4.69) is 4.98 Å². The lowest BCUT2D eigenvalue weighted by Gasteiger charge is -2.09. The fourth-order valence-corrected chi connectivity index (χ4v) is 4.67. The molecule has 3 aromatic rings. The summed E-state index contributed by atoms with van der Waals surface area (Å²) in [5, 5.41) is 13.9. The summed E-state index contributed by atoms with van der Waals surface area (Å²) < 4.78 is 5.06. The number of esters is 1. The first-order valence-corrected chi connectivity index (χ1v) is 10.5. The van der Waals surface area contributed by atoms with Crippen molar-refractivity contribution in [3.8, 4) is 6.07 Å². The van der Waals surface area contributed by atoms with Crippen molar-refractivity contribution in [1.82, 2.24) is 4.98 Å². The molecule has 2 aromatic carbocycles. The van der Waals surface area contributed by atoms with Gasteiger partial charge in [0.1, 0.15) is 5.01 Å². The molecule has 5 nitrogen and oxygen atoms in total. The van der Waals surface area contributed by atoms with E-state index in [0.29, 0.717) is 10.0 Å². The molecule has 0 fully saturated rings. The molecule has 0 unspecified atom stereocenters. The molecule has 0 saturated carbocycles. The highest BCUT2D eigenvalue weighted by Crippen LogP contribution is 2.33. The first-order valence-electron chi connectivity index (χ1n) is 8.29. The van der Waals surface area contributed by atoms with Crippen LogP contribution in [0.3, 0.4) is 0 Å². The molecule has 0 bridgehead atoms. The quantitative estimate of drug-likeness (QED) is 0.396. The number of nitrogens with zero attached hydrogens (tertiary/aromatic N) is 2. The third-order valence-corrected chi connectivity index (χ3v) is 6.25. The Bertz CT molecular complexity index is 1070. The summed E-state index contributed by atoms with van der Waals surface area (Å²) in [5.74, 6) is -2.00. The average Bonchev–Trinajstić information content (AvgIpc) is 3.11. The topological polar surface area (TPSA) is 80.0 Å². The number of aryl methyl sites for hydroxylation is 1. The van der Waals surface area contributed by atoms with Gasteiger partial charge in [0.2, 0.25) is 0 Å². The largest absolute Gasteiger partial charge is 0.457 e. The van der Waals surface area contributed by atoms with Crippen molar-refractivity contribution in [1.29, 1.82) is 5.26 Å². The van der Waals surface area contributed by atoms with Crippen LogP contribution in [0.1, 0.15) is 16.6 Å². The van der Waals surface area contributed by atoms with Crippen LogP contribution in [0.5, 0.6) is 0 Å². The van der Waals surface area contributed by atoms with Crippen LogP contribution >= 0.6 is 34.7 Å². The van der Waals surface area contributed by atoms with Crippen molar-refractivity contribution >= 4 is 57.2 Å². The molecule has 0 aliphatic carbocycles. The molecular weight excluding hydrogens is 416 g/mol. The van der Waals surface area contributed by atoms with E-state index < -0.39 is 24.3 Å². The molecule has 0 radical (unpaired) electrons. The number of benzene rings is 2. The number of carbonyl (C=O) groups excluding carboxylic acids is 2. The van der Waals surface area contributed by atoms with E-state index in [1.807, 2.05) is 36.4 Å². The lowest BCUT2D eigenvalue weighted by atomic mass is 10.1. The predicted molar refractivity (Wildman–Crippen MR) is 111 cm³/mol. The van der Waals surface area contributed by atoms with Crippen LogP contribution in [-0.2, 0) is 14.3 Å². The van der Waals surface area contributed by atoms with Crippen molar-refractivity contribution in [2.75, 3.05) is 12.4 Å². The Morgan fingerprint density at radius 2 is 2.07 bits per heavy atom. The Labute approximate surface area is 175 Å². The van der Waals surface area contributed by atoms with E-state index in [9.17, 15) is 14.9 Å².